The molecule has 1 aliphatic heterocycles. The van der Waals surface area contributed by atoms with Gasteiger partial charge in [-0.25, -0.2) is 8.42 Å². The van der Waals surface area contributed by atoms with E-state index >= 15 is 0 Å². The molecule has 0 aliphatic carbocycles. The van der Waals surface area contributed by atoms with Crippen LogP contribution in [0.4, 0.5) is 0 Å². The maximum Gasteiger partial charge on any atom is 0.223 e. The number of piperidine rings is 1. The van der Waals surface area contributed by atoms with Gasteiger partial charge in [-0.2, -0.15) is 4.31 Å². The van der Waals surface area contributed by atoms with Crippen LogP contribution in [-0.4, -0.2) is 47.3 Å². The van der Waals surface area contributed by atoms with Crippen molar-refractivity contribution in [1.29, 1.82) is 0 Å². The second-order valence-electron chi connectivity index (χ2n) is 4.36. The van der Waals surface area contributed by atoms with Crippen molar-refractivity contribution in [3.8, 4) is 0 Å². The maximum atomic E-state index is 12.3. The summed E-state index contributed by atoms with van der Waals surface area (Å²) in [6.45, 7) is 2.01. The first kappa shape index (κ1) is 14.8. The van der Waals surface area contributed by atoms with Crippen LogP contribution >= 0.6 is 12.2 Å². The number of nitrogens with two attached hydrogens (primary N) is 1. The summed E-state index contributed by atoms with van der Waals surface area (Å²) in [4.78, 5) is -0.00155. The van der Waals surface area contributed by atoms with Crippen molar-refractivity contribution in [1.82, 2.24) is 4.31 Å². The molecule has 0 bridgehead atoms. The van der Waals surface area contributed by atoms with Crippen molar-refractivity contribution < 1.29 is 13.5 Å². The number of aliphatic hydroxyl groups excluding tert-OH is 1. The summed E-state index contributed by atoms with van der Waals surface area (Å²) in [6, 6.07) is -0.115. The van der Waals surface area contributed by atoms with E-state index in [0.29, 0.717) is 13.0 Å². The fourth-order valence-corrected chi connectivity index (χ4v) is 4.17. The van der Waals surface area contributed by atoms with E-state index in [1.807, 2.05) is 0 Å². The largest absolute Gasteiger partial charge is 0.396 e. The van der Waals surface area contributed by atoms with Crippen molar-refractivity contribution in [3.63, 3.8) is 0 Å². The number of rotatable bonds is 5. The molecular formula is C10H20N2O3S2. The number of thiocarbonyl (C=S) groups is 1. The number of hydrogen-bond acceptors (Lipinski definition) is 4. The Balaban J connectivity index is 2.90. The van der Waals surface area contributed by atoms with Gasteiger partial charge < -0.3 is 10.8 Å². The molecule has 100 valence electrons. The van der Waals surface area contributed by atoms with Gasteiger partial charge in [0.05, 0.1) is 4.99 Å². The summed E-state index contributed by atoms with van der Waals surface area (Å²) < 4.78 is 26.0. The zero-order valence-corrected chi connectivity index (χ0v) is 11.6. The molecule has 2 atom stereocenters. The second kappa shape index (κ2) is 6.08. The van der Waals surface area contributed by atoms with E-state index in [2.05, 4.69) is 0 Å². The molecule has 0 spiro atoms. The van der Waals surface area contributed by atoms with E-state index in [9.17, 15) is 8.42 Å². The third-order valence-corrected chi connectivity index (χ3v) is 5.99. The third-order valence-electron chi connectivity index (χ3n) is 3.21. The van der Waals surface area contributed by atoms with Gasteiger partial charge in [-0.05, 0) is 26.2 Å². The van der Waals surface area contributed by atoms with Gasteiger partial charge in [0.1, 0.15) is 5.25 Å². The van der Waals surface area contributed by atoms with Crippen molar-refractivity contribution in [3.05, 3.63) is 0 Å². The van der Waals surface area contributed by atoms with Crippen LogP contribution in [0.25, 0.3) is 0 Å². The van der Waals surface area contributed by atoms with Gasteiger partial charge in [-0.1, -0.05) is 18.6 Å². The van der Waals surface area contributed by atoms with Gasteiger partial charge in [-0.15, -0.1) is 0 Å². The van der Waals surface area contributed by atoms with Crippen LogP contribution in [0.15, 0.2) is 0 Å². The highest BCUT2D eigenvalue weighted by atomic mass is 32.2. The van der Waals surface area contributed by atoms with Gasteiger partial charge in [0, 0.05) is 19.2 Å². The molecule has 2 unspecified atom stereocenters. The molecular weight excluding hydrogens is 260 g/mol. The Morgan fingerprint density at radius 3 is 2.76 bits per heavy atom. The summed E-state index contributed by atoms with van der Waals surface area (Å²) >= 11 is 4.76. The molecule has 0 aromatic rings. The fourth-order valence-electron chi connectivity index (χ4n) is 2.10. The zero-order chi connectivity index (χ0) is 13.1. The van der Waals surface area contributed by atoms with E-state index in [1.165, 1.54) is 11.2 Å². The molecule has 5 nitrogen and oxygen atoms in total. The average Bonchev–Trinajstić information content (AvgIpc) is 2.29. The third kappa shape index (κ3) is 3.37. The molecule has 1 fully saturated rings. The first-order chi connectivity index (χ1) is 7.91. The zero-order valence-electron chi connectivity index (χ0n) is 10.0. The minimum absolute atomic E-state index is 0.00155. The first-order valence-corrected chi connectivity index (χ1v) is 7.73. The van der Waals surface area contributed by atoms with E-state index in [0.717, 1.165) is 19.3 Å². The van der Waals surface area contributed by atoms with E-state index in [1.54, 1.807) is 0 Å². The molecule has 0 aromatic heterocycles. The number of sulfonamides is 1. The lowest BCUT2D eigenvalue weighted by atomic mass is 10.0. The molecule has 17 heavy (non-hydrogen) atoms. The molecule has 0 aromatic carbocycles. The van der Waals surface area contributed by atoms with Gasteiger partial charge >= 0.3 is 0 Å². The SMILES string of the molecule is CC(C(N)=S)S(=O)(=O)N1CCCCC1CCO. The molecule has 0 saturated carbocycles. The molecule has 1 heterocycles. The Kier molecular flexibility index (Phi) is 5.30. The maximum absolute atomic E-state index is 12.3. The predicted molar refractivity (Wildman–Crippen MR) is 71.2 cm³/mol. The van der Waals surface area contributed by atoms with Crippen LogP contribution in [0.5, 0.6) is 0 Å². The summed E-state index contributed by atoms with van der Waals surface area (Å²) in [7, 11) is -3.48. The minimum atomic E-state index is -3.48. The Morgan fingerprint density at radius 1 is 1.59 bits per heavy atom. The van der Waals surface area contributed by atoms with E-state index in [4.69, 9.17) is 23.1 Å². The van der Waals surface area contributed by atoms with Gasteiger partial charge in [0.2, 0.25) is 10.0 Å². The van der Waals surface area contributed by atoms with Crippen molar-refractivity contribution in [2.24, 2.45) is 5.73 Å². The quantitative estimate of drug-likeness (QED) is 0.704. The van der Waals surface area contributed by atoms with E-state index in [-0.39, 0.29) is 17.6 Å². The average molecular weight is 280 g/mol. The van der Waals surface area contributed by atoms with Crippen LogP contribution in [0.1, 0.15) is 32.6 Å². The highest BCUT2D eigenvalue weighted by Gasteiger charge is 2.36. The lowest BCUT2D eigenvalue weighted by Gasteiger charge is -2.36. The van der Waals surface area contributed by atoms with Crippen LogP contribution in [-0.2, 0) is 10.0 Å². The smallest absolute Gasteiger partial charge is 0.223 e. The molecule has 3 N–H and O–H groups in total. The Labute approximate surface area is 108 Å². The van der Waals surface area contributed by atoms with Gasteiger partial charge in [0.15, 0.2) is 0 Å². The van der Waals surface area contributed by atoms with Crippen molar-refractivity contribution in [2.75, 3.05) is 13.2 Å². The van der Waals surface area contributed by atoms with Crippen LogP contribution in [0, 0.1) is 0 Å². The standard InChI is InChI=1S/C10H20N2O3S2/c1-8(10(11)16)17(14,15)12-6-3-2-4-9(12)5-7-13/h8-9,13H,2-7H2,1H3,(H2,11,16). The predicted octanol–water partition coefficient (Wildman–Crippen LogP) is 0.228. The van der Waals surface area contributed by atoms with Crippen molar-refractivity contribution >= 4 is 27.2 Å². The number of aliphatic hydroxyl groups is 1. The van der Waals surface area contributed by atoms with E-state index < -0.39 is 15.3 Å². The molecule has 1 saturated heterocycles. The first-order valence-electron chi connectivity index (χ1n) is 5.82. The van der Waals surface area contributed by atoms with Crippen molar-refractivity contribution in [2.45, 2.75) is 43.9 Å². The second-order valence-corrected chi connectivity index (χ2v) is 7.04. The monoisotopic (exact) mass is 280 g/mol. The van der Waals surface area contributed by atoms with Gasteiger partial charge in [0.25, 0.3) is 0 Å². The summed E-state index contributed by atoms with van der Waals surface area (Å²) in [5.41, 5.74) is 5.42. The topological polar surface area (TPSA) is 83.6 Å². The molecule has 1 aliphatic rings. The molecule has 1 rings (SSSR count). The molecule has 0 amide bonds. The van der Waals surface area contributed by atoms with Crippen LogP contribution in [0.3, 0.4) is 0 Å². The number of nitrogens with zero attached hydrogens (tertiary/aromatic N) is 1. The lowest BCUT2D eigenvalue weighted by Crippen LogP contribution is -2.50. The summed E-state index contributed by atoms with van der Waals surface area (Å²) in [6.07, 6.45) is 3.12. The highest BCUT2D eigenvalue weighted by molar-refractivity contribution is 7.92. The van der Waals surface area contributed by atoms with Crippen LogP contribution in [0.2, 0.25) is 0 Å². The Hall–Kier alpha value is -0.240. The summed E-state index contributed by atoms with van der Waals surface area (Å²) in [5, 5.41) is 8.14. The van der Waals surface area contributed by atoms with Crippen LogP contribution < -0.4 is 5.73 Å². The highest BCUT2D eigenvalue weighted by Crippen LogP contribution is 2.24. The minimum Gasteiger partial charge on any atom is -0.396 e. The Morgan fingerprint density at radius 2 is 2.24 bits per heavy atom. The van der Waals surface area contributed by atoms with Gasteiger partial charge in [-0.3, -0.25) is 0 Å². The lowest BCUT2D eigenvalue weighted by molar-refractivity contribution is 0.192. The fraction of sp³-hybridized carbons (Fsp3) is 0.900. The number of hydrogen-bond donors (Lipinski definition) is 2. The normalized spacial score (nSPS) is 24.5. The molecule has 7 heteroatoms. The summed E-state index contributed by atoms with van der Waals surface area (Å²) in [5.74, 6) is 0. The Bertz CT molecular complexity index is 368. The molecule has 0 radical (unpaired) electrons.